The number of phenolic OH excluding ortho intramolecular Hbond substituents is 1. The van der Waals surface area contributed by atoms with E-state index in [1.54, 1.807) is 30.3 Å². The number of imide groups is 1. The molecule has 1 aromatic heterocycles. The second-order valence-corrected chi connectivity index (χ2v) is 13.5. The number of phenols is 1. The highest BCUT2D eigenvalue weighted by atomic mass is 79.9. The normalized spacial score (nSPS) is 23.7. The molecule has 2 heterocycles. The number of aromatic nitrogens is 1. The van der Waals surface area contributed by atoms with E-state index in [2.05, 4.69) is 20.9 Å². The smallest absolute Gasteiger partial charge is 0.238 e. The molecule has 0 radical (unpaired) electrons. The molecular formula is C39H25BrN2O6. The molecule has 1 fully saturated rings. The number of para-hydroxylation sites is 2. The molecule has 234 valence electrons. The number of anilines is 1. The molecule has 1 saturated heterocycles. The van der Waals surface area contributed by atoms with Crippen molar-refractivity contribution in [3.8, 4) is 17.2 Å². The predicted octanol–water partition coefficient (Wildman–Crippen LogP) is 7.32. The van der Waals surface area contributed by atoms with Crippen molar-refractivity contribution in [3.05, 3.63) is 124 Å². The number of oxazole rings is 1. The largest absolute Gasteiger partial charge is 0.507 e. The second-order valence-electron chi connectivity index (χ2n) is 12.7. The van der Waals surface area contributed by atoms with E-state index in [0.717, 1.165) is 16.5 Å². The van der Waals surface area contributed by atoms with Crippen LogP contribution >= 0.6 is 15.9 Å². The molecule has 9 rings (SSSR count). The van der Waals surface area contributed by atoms with Gasteiger partial charge in [-0.1, -0.05) is 60.2 Å². The van der Waals surface area contributed by atoms with E-state index in [1.165, 1.54) is 11.0 Å². The Morgan fingerprint density at radius 3 is 2.44 bits per heavy atom. The van der Waals surface area contributed by atoms with E-state index in [9.17, 15) is 24.3 Å². The quantitative estimate of drug-likeness (QED) is 0.119. The highest BCUT2D eigenvalue weighted by Crippen LogP contribution is 2.57. The fourth-order valence-corrected chi connectivity index (χ4v) is 8.52. The third-order valence-electron chi connectivity index (χ3n) is 10.2. The van der Waals surface area contributed by atoms with E-state index < -0.39 is 23.7 Å². The minimum absolute atomic E-state index is 0.0250. The molecule has 1 aliphatic heterocycles. The highest BCUT2D eigenvalue weighted by molar-refractivity contribution is 9.12. The van der Waals surface area contributed by atoms with Crippen LogP contribution < -0.4 is 4.90 Å². The Morgan fingerprint density at radius 1 is 0.854 bits per heavy atom. The van der Waals surface area contributed by atoms with E-state index >= 15 is 0 Å². The maximum Gasteiger partial charge on any atom is 0.238 e. The Morgan fingerprint density at radius 2 is 1.62 bits per heavy atom. The lowest BCUT2D eigenvalue weighted by molar-refractivity contribution is -0.123. The monoisotopic (exact) mass is 696 g/mol. The lowest BCUT2D eigenvalue weighted by atomic mass is 9.59. The van der Waals surface area contributed by atoms with Gasteiger partial charge in [-0.15, -0.1) is 0 Å². The zero-order valence-electron chi connectivity index (χ0n) is 25.2. The summed E-state index contributed by atoms with van der Waals surface area (Å²) in [5.41, 5.74) is 4.45. The van der Waals surface area contributed by atoms with Gasteiger partial charge in [0.2, 0.25) is 17.7 Å². The zero-order chi connectivity index (χ0) is 32.8. The second kappa shape index (κ2) is 10.6. The summed E-state index contributed by atoms with van der Waals surface area (Å²) in [5.74, 6) is -3.44. The molecule has 48 heavy (non-hydrogen) atoms. The van der Waals surface area contributed by atoms with Crippen LogP contribution in [0.25, 0.3) is 33.3 Å². The van der Waals surface area contributed by atoms with Gasteiger partial charge in [0.15, 0.2) is 17.1 Å². The number of allylic oxidation sites excluding steroid dienone is 6. The van der Waals surface area contributed by atoms with Crippen molar-refractivity contribution in [1.82, 2.24) is 4.98 Å². The number of fused-ring (bicyclic) bond motifs is 5. The molecule has 4 aliphatic rings. The van der Waals surface area contributed by atoms with Gasteiger partial charge in [-0.2, -0.15) is 0 Å². The molecule has 0 saturated carbocycles. The summed E-state index contributed by atoms with van der Waals surface area (Å²) >= 11 is 3.27. The number of ketones is 2. The predicted molar refractivity (Wildman–Crippen MR) is 182 cm³/mol. The van der Waals surface area contributed by atoms with Gasteiger partial charge >= 0.3 is 0 Å². The minimum Gasteiger partial charge on any atom is -0.507 e. The van der Waals surface area contributed by atoms with Crippen LogP contribution in [0.4, 0.5) is 5.69 Å². The molecule has 4 unspecified atom stereocenters. The number of benzene rings is 4. The van der Waals surface area contributed by atoms with Crippen LogP contribution in [0.5, 0.6) is 5.75 Å². The number of carbonyl (C=O) groups is 4. The molecule has 8 nitrogen and oxygen atoms in total. The lowest BCUT2D eigenvalue weighted by Gasteiger charge is -2.42. The van der Waals surface area contributed by atoms with Crippen LogP contribution in [0, 0.1) is 17.8 Å². The Labute approximate surface area is 282 Å². The Bertz CT molecular complexity index is 2350. The standard InChI is InChI=1S/C39H25BrN2O6/c40-28-18-30(43)34-27(36(28)45)17-26-23(32(34)24-14-11-19-5-1-2-6-22(19)35(24)44)15-16-25-33(26)39(47)42(38(25)46)21-12-9-20(10-13-21)37-41-29-7-3-4-8-31(29)48-37/h1-15,18,25-26,32-33,44H,16-17H2. The molecule has 2 amide bonds. The van der Waals surface area contributed by atoms with Gasteiger partial charge in [-0.25, -0.2) is 4.98 Å². The maximum atomic E-state index is 14.3. The first-order chi connectivity index (χ1) is 23.3. The number of halogens is 1. The summed E-state index contributed by atoms with van der Waals surface area (Å²) in [6.45, 7) is 0. The molecule has 5 aromatic rings. The molecule has 4 aromatic carbocycles. The fraction of sp³-hybridized carbons (Fsp3) is 0.154. The molecule has 3 aliphatic carbocycles. The van der Waals surface area contributed by atoms with Crippen molar-refractivity contribution in [1.29, 1.82) is 0 Å². The van der Waals surface area contributed by atoms with E-state index in [4.69, 9.17) is 4.42 Å². The zero-order valence-corrected chi connectivity index (χ0v) is 26.8. The van der Waals surface area contributed by atoms with Crippen LogP contribution in [0.15, 0.2) is 123 Å². The van der Waals surface area contributed by atoms with Crippen LogP contribution in [-0.2, 0) is 19.2 Å². The first kappa shape index (κ1) is 28.8. The SMILES string of the molecule is O=C1C=C(Br)C(=O)C2=C1C(c1ccc3ccccc3c1O)C1=CCC3C(=O)N(c4ccc(-c5nc6ccccc6o5)cc4)C(=O)C3C1C2. The third-order valence-corrected chi connectivity index (χ3v) is 10.8. The maximum absolute atomic E-state index is 14.3. The topological polar surface area (TPSA) is 118 Å². The Hall–Kier alpha value is -5.41. The third kappa shape index (κ3) is 4.10. The van der Waals surface area contributed by atoms with Gasteiger partial charge in [0.25, 0.3) is 0 Å². The Kier molecular flexibility index (Phi) is 6.33. The summed E-state index contributed by atoms with van der Waals surface area (Å²) in [7, 11) is 0. The fourth-order valence-electron chi connectivity index (χ4n) is 8.07. The first-order valence-corrected chi connectivity index (χ1v) is 16.5. The van der Waals surface area contributed by atoms with Crippen molar-refractivity contribution in [3.63, 3.8) is 0 Å². The van der Waals surface area contributed by atoms with Crippen molar-refractivity contribution < 1.29 is 28.7 Å². The number of aromatic hydroxyl groups is 1. The summed E-state index contributed by atoms with van der Waals surface area (Å²) in [4.78, 5) is 61.3. The number of amides is 2. The molecule has 1 N–H and O–H groups in total. The van der Waals surface area contributed by atoms with Gasteiger partial charge in [-0.05, 0) is 76.5 Å². The lowest BCUT2D eigenvalue weighted by Crippen LogP contribution is -2.39. The Balaban J connectivity index is 1.11. The average Bonchev–Trinajstić information content (AvgIpc) is 3.65. The van der Waals surface area contributed by atoms with Crippen LogP contribution in [0.2, 0.25) is 0 Å². The molecule has 9 heteroatoms. The van der Waals surface area contributed by atoms with Gasteiger partial charge in [0.1, 0.15) is 11.3 Å². The summed E-state index contributed by atoms with van der Waals surface area (Å²) in [5, 5.41) is 13.1. The number of Topliss-reactive ketones (excluding diaryl/α,β-unsaturated/α-hetero) is 1. The van der Waals surface area contributed by atoms with Crippen molar-refractivity contribution in [2.75, 3.05) is 4.90 Å². The van der Waals surface area contributed by atoms with Gasteiger partial charge in [0.05, 0.1) is 22.0 Å². The minimum atomic E-state index is -0.745. The average molecular weight is 698 g/mol. The van der Waals surface area contributed by atoms with Crippen LogP contribution in [0.1, 0.15) is 24.3 Å². The number of nitrogens with zero attached hydrogens (tertiary/aromatic N) is 2. The number of hydrogen-bond acceptors (Lipinski definition) is 7. The van der Waals surface area contributed by atoms with E-state index in [-0.39, 0.29) is 40.0 Å². The molecule has 0 bridgehead atoms. The first-order valence-electron chi connectivity index (χ1n) is 15.7. The molecular weight excluding hydrogens is 672 g/mol. The summed E-state index contributed by atoms with van der Waals surface area (Å²) < 4.78 is 6.05. The highest BCUT2D eigenvalue weighted by Gasteiger charge is 2.57. The summed E-state index contributed by atoms with van der Waals surface area (Å²) in [6.07, 6.45) is 3.68. The van der Waals surface area contributed by atoms with Crippen molar-refractivity contribution in [2.45, 2.75) is 18.8 Å². The summed E-state index contributed by atoms with van der Waals surface area (Å²) in [6, 6.07) is 25.5. The molecule has 0 spiro atoms. The van der Waals surface area contributed by atoms with E-state index in [0.29, 0.717) is 51.2 Å². The molecule has 4 atom stereocenters. The van der Waals surface area contributed by atoms with Gasteiger partial charge in [-0.3, -0.25) is 24.1 Å². The van der Waals surface area contributed by atoms with Gasteiger partial charge in [0, 0.05) is 39.7 Å². The number of carbonyl (C=O) groups excluding carboxylic acids is 4. The van der Waals surface area contributed by atoms with Gasteiger partial charge < -0.3 is 9.52 Å². The van der Waals surface area contributed by atoms with Crippen molar-refractivity contribution in [2.24, 2.45) is 17.8 Å². The number of rotatable bonds is 3. The van der Waals surface area contributed by atoms with Crippen LogP contribution in [-0.4, -0.2) is 33.5 Å². The van der Waals surface area contributed by atoms with Crippen LogP contribution in [0.3, 0.4) is 0 Å². The van der Waals surface area contributed by atoms with Crippen molar-refractivity contribution >= 4 is 66.9 Å². The number of hydrogen-bond donors (Lipinski definition) is 1. The van der Waals surface area contributed by atoms with E-state index in [1.807, 2.05) is 60.7 Å².